The van der Waals surface area contributed by atoms with Crippen LogP contribution in [0.2, 0.25) is 0 Å². The third-order valence-electron chi connectivity index (χ3n) is 1.97. The molecule has 0 fully saturated rings. The van der Waals surface area contributed by atoms with Crippen molar-refractivity contribution in [1.29, 1.82) is 0 Å². The minimum absolute atomic E-state index is 0. The number of nitrogens with zero attached hydrogens (tertiary/aromatic N) is 1. The Labute approximate surface area is 118 Å². The third kappa shape index (κ3) is 7.56. The first-order valence-corrected chi connectivity index (χ1v) is 5.04. The van der Waals surface area contributed by atoms with Crippen LogP contribution in [0.4, 0.5) is 0 Å². The molecule has 1 rings (SSSR count). The molecule has 0 aliphatic heterocycles. The Bertz CT molecular complexity index is 363. The van der Waals surface area contributed by atoms with Crippen LogP contribution in [-0.2, 0) is 11.3 Å². The zero-order chi connectivity index (χ0) is 11.8. The number of nitrogens with two attached hydrogens (primary N) is 2. The fraction of sp³-hybridized carbons (Fsp3) is 0.273. The van der Waals surface area contributed by atoms with E-state index in [-0.39, 0.29) is 35.8 Å². The van der Waals surface area contributed by atoms with Gasteiger partial charge in [-0.3, -0.25) is 9.79 Å². The Balaban J connectivity index is 0.00000256. The van der Waals surface area contributed by atoms with Gasteiger partial charge in [0.1, 0.15) is 0 Å². The summed E-state index contributed by atoms with van der Waals surface area (Å²) in [5.74, 6) is -0.0512. The molecule has 0 spiro atoms. The molecule has 5 N–H and O–H groups in total. The van der Waals surface area contributed by atoms with Crippen LogP contribution in [0.15, 0.2) is 35.3 Å². The van der Waals surface area contributed by atoms with E-state index in [4.69, 9.17) is 11.5 Å². The number of hydrogen-bond donors (Lipinski definition) is 3. The van der Waals surface area contributed by atoms with Gasteiger partial charge < -0.3 is 16.8 Å². The monoisotopic (exact) mass is 348 g/mol. The minimum atomic E-state index is -0.0612. The van der Waals surface area contributed by atoms with E-state index in [0.717, 1.165) is 5.56 Å². The molecule has 1 amide bonds. The number of guanidine groups is 1. The first-order valence-electron chi connectivity index (χ1n) is 5.04. The van der Waals surface area contributed by atoms with Gasteiger partial charge in [0.2, 0.25) is 5.91 Å². The normalized spacial score (nSPS) is 8.94. The van der Waals surface area contributed by atoms with Gasteiger partial charge in [-0.05, 0) is 5.56 Å². The highest BCUT2D eigenvalue weighted by Crippen LogP contribution is 1.97. The lowest BCUT2D eigenvalue weighted by molar-refractivity contribution is -0.121. The molecule has 0 aliphatic carbocycles. The third-order valence-corrected chi connectivity index (χ3v) is 1.97. The number of carbonyl (C=O) groups excluding carboxylic acids is 1. The average Bonchev–Trinajstić information content (AvgIpc) is 2.27. The second kappa shape index (κ2) is 8.80. The van der Waals surface area contributed by atoms with Gasteiger partial charge in [0.25, 0.3) is 0 Å². The lowest BCUT2D eigenvalue weighted by Crippen LogP contribution is -2.25. The highest BCUT2D eigenvalue weighted by Gasteiger charge is 1.99. The largest absolute Gasteiger partial charge is 0.370 e. The number of carbonyl (C=O) groups is 1. The number of nitrogens with one attached hydrogen (secondary N) is 1. The van der Waals surface area contributed by atoms with E-state index >= 15 is 0 Å². The maximum atomic E-state index is 11.3. The quantitative estimate of drug-likeness (QED) is 0.413. The number of hydrogen-bond acceptors (Lipinski definition) is 2. The number of amides is 1. The average molecular weight is 348 g/mol. The minimum Gasteiger partial charge on any atom is -0.370 e. The molecule has 0 heterocycles. The summed E-state index contributed by atoms with van der Waals surface area (Å²) in [5.41, 5.74) is 11.3. The Morgan fingerprint density at radius 2 is 1.88 bits per heavy atom. The Hall–Kier alpha value is -1.31. The zero-order valence-electron chi connectivity index (χ0n) is 9.43. The van der Waals surface area contributed by atoms with Crippen molar-refractivity contribution in [3.8, 4) is 0 Å². The first kappa shape index (κ1) is 15.7. The summed E-state index contributed by atoms with van der Waals surface area (Å²) in [4.78, 5) is 15.1. The molecule has 0 aromatic heterocycles. The molecule has 0 atom stereocenters. The summed E-state index contributed by atoms with van der Waals surface area (Å²) in [6.07, 6.45) is 0.296. The van der Waals surface area contributed by atoms with E-state index < -0.39 is 0 Å². The molecule has 0 bridgehead atoms. The summed E-state index contributed by atoms with van der Waals surface area (Å²) in [7, 11) is 0. The van der Waals surface area contributed by atoms with Gasteiger partial charge in [-0.25, -0.2) is 0 Å². The molecule has 0 radical (unpaired) electrons. The maximum absolute atomic E-state index is 11.3. The van der Waals surface area contributed by atoms with Gasteiger partial charge in [0, 0.05) is 13.0 Å². The van der Waals surface area contributed by atoms with Gasteiger partial charge in [-0.15, -0.1) is 24.0 Å². The predicted octanol–water partition coefficient (Wildman–Crippen LogP) is 0.584. The van der Waals surface area contributed by atoms with Gasteiger partial charge in [-0.1, -0.05) is 30.3 Å². The molecule has 6 heteroatoms. The Morgan fingerprint density at radius 1 is 1.24 bits per heavy atom. The molecule has 94 valence electrons. The molecule has 1 aromatic carbocycles. The lowest BCUT2D eigenvalue weighted by atomic mass is 10.2. The van der Waals surface area contributed by atoms with Crippen molar-refractivity contribution in [3.05, 3.63) is 35.9 Å². The zero-order valence-corrected chi connectivity index (χ0v) is 11.8. The molecule has 0 saturated carbocycles. The van der Waals surface area contributed by atoms with Crippen LogP contribution in [0.5, 0.6) is 0 Å². The first-order chi connectivity index (χ1) is 7.68. The lowest BCUT2D eigenvalue weighted by Gasteiger charge is -2.03. The topological polar surface area (TPSA) is 93.5 Å². The van der Waals surface area contributed by atoms with E-state index in [2.05, 4.69) is 10.3 Å². The number of aliphatic imine (C=N–C) groups is 1. The van der Waals surface area contributed by atoms with E-state index in [0.29, 0.717) is 19.5 Å². The number of benzene rings is 1. The SMILES string of the molecule is I.NC(N)=NCCC(=O)NCc1ccccc1. The van der Waals surface area contributed by atoms with Crippen molar-refractivity contribution in [3.63, 3.8) is 0 Å². The van der Waals surface area contributed by atoms with Crippen molar-refractivity contribution in [2.45, 2.75) is 13.0 Å². The molecule has 0 unspecified atom stereocenters. The summed E-state index contributed by atoms with van der Waals surface area (Å²) in [5, 5.41) is 2.78. The van der Waals surface area contributed by atoms with Gasteiger partial charge in [-0.2, -0.15) is 0 Å². The van der Waals surface area contributed by atoms with Crippen LogP contribution in [0.1, 0.15) is 12.0 Å². The summed E-state index contributed by atoms with van der Waals surface area (Å²) in [6.45, 7) is 0.852. The van der Waals surface area contributed by atoms with Gasteiger partial charge in [0.15, 0.2) is 5.96 Å². The van der Waals surface area contributed by atoms with Crippen LogP contribution >= 0.6 is 24.0 Å². The van der Waals surface area contributed by atoms with Crippen LogP contribution in [0.25, 0.3) is 0 Å². The summed E-state index contributed by atoms with van der Waals surface area (Å²) in [6, 6.07) is 9.71. The van der Waals surface area contributed by atoms with E-state index in [9.17, 15) is 4.79 Å². The highest BCUT2D eigenvalue weighted by molar-refractivity contribution is 14.0. The number of halogens is 1. The van der Waals surface area contributed by atoms with Crippen LogP contribution in [0, 0.1) is 0 Å². The molecule has 0 saturated heterocycles. The summed E-state index contributed by atoms with van der Waals surface area (Å²) >= 11 is 0. The van der Waals surface area contributed by atoms with Crippen molar-refractivity contribution in [2.24, 2.45) is 16.5 Å². The van der Waals surface area contributed by atoms with Crippen molar-refractivity contribution in [1.82, 2.24) is 5.32 Å². The Morgan fingerprint density at radius 3 is 2.47 bits per heavy atom. The molecule has 17 heavy (non-hydrogen) atoms. The van der Waals surface area contributed by atoms with Crippen molar-refractivity contribution < 1.29 is 4.79 Å². The summed E-state index contributed by atoms with van der Waals surface area (Å²) < 4.78 is 0. The predicted molar refractivity (Wildman–Crippen MR) is 79.0 cm³/mol. The molecule has 1 aromatic rings. The maximum Gasteiger partial charge on any atom is 0.222 e. The highest BCUT2D eigenvalue weighted by atomic mass is 127. The molecular weight excluding hydrogens is 331 g/mol. The van der Waals surface area contributed by atoms with E-state index in [1.54, 1.807) is 0 Å². The van der Waals surface area contributed by atoms with E-state index in [1.807, 2.05) is 30.3 Å². The molecule has 0 aliphatic rings. The Kier molecular flexibility index (Phi) is 8.12. The van der Waals surface area contributed by atoms with Gasteiger partial charge in [0.05, 0.1) is 6.54 Å². The molecular formula is C11H17IN4O. The molecule has 5 nitrogen and oxygen atoms in total. The van der Waals surface area contributed by atoms with Crippen LogP contribution in [0.3, 0.4) is 0 Å². The second-order valence-corrected chi connectivity index (χ2v) is 3.32. The second-order valence-electron chi connectivity index (χ2n) is 3.32. The van der Waals surface area contributed by atoms with Crippen molar-refractivity contribution >= 4 is 35.8 Å². The van der Waals surface area contributed by atoms with Crippen LogP contribution < -0.4 is 16.8 Å². The fourth-order valence-corrected chi connectivity index (χ4v) is 1.17. The van der Waals surface area contributed by atoms with Crippen molar-refractivity contribution in [2.75, 3.05) is 6.54 Å². The standard InChI is InChI=1S/C11H16N4O.HI/c12-11(13)14-7-6-10(16)15-8-9-4-2-1-3-5-9;/h1-5H,6-8H2,(H,15,16)(H4,12,13,14);1H. The van der Waals surface area contributed by atoms with Gasteiger partial charge >= 0.3 is 0 Å². The van der Waals surface area contributed by atoms with Crippen LogP contribution in [-0.4, -0.2) is 18.4 Å². The number of rotatable bonds is 5. The van der Waals surface area contributed by atoms with E-state index in [1.165, 1.54) is 0 Å². The smallest absolute Gasteiger partial charge is 0.222 e. The fourth-order valence-electron chi connectivity index (χ4n) is 1.17.